The molecule has 0 spiro atoms. The van der Waals surface area contributed by atoms with Crippen LogP contribution in [0.5, 0.6) is 0 Å². The van der Waals surface area contributed by atoms with Gasteiger partial charge in [0, 0.05) is 0 Å². The van der Waals surface area contributed by atoms with Crippen LogP contribution in [-0.2, 0) is 14.6 Å². The standard InChI is InChI=1S/C8H16O3S/c1-6(2)8(4)12(10,11)5-7(3)9/h6,8H,5H2,1-4H3. The number of Topliss-reactive ketones (excluding diaryl/α,β-unsaturated/α-hetero) is 1. The van der Waals surface area contributed by atoms with E-state index < -0.39 is 15.1 Å². The first-order chi connectivity index (χ1) is 5.27. The molecule has 0 rings (SSSR count). The van der Waals surface area contributed by atoms with Crippen LogP contribution in [0.2, 0.25) is 0 Å². The van der Waals surface area contributed by atoms with Gasteiger partial charge in [-0.2, -0.15) is 0 Å². The molecule has 0 saturated carbocycles. The molecular formula is C8H16O3S. The van der Waals surface area contributed by atoms with E-state index in [1.54, 1.807) is 6.92 Å². The van der Waals surface area contributed by atoms with Gasteiger partial charge >= 0.3 is 0 Å². The Balaban J connectivity index is 4.52. The van der Waals surface area contributed by atoms with Gasteiger partial charge in [0.15, 0.2) is 9.84 Å². The summed E-state index contributed by atoms with van der Waals surface area (Å²) in [5.41, 5.74) is 0. The number of carbonyl (C=O) groups excluding carboxylic acids is 1. The normalized spacial score (nSPS) is 14.8. The lowest BCUT2D eigenvalue weighted by atomic mass is 10.2. The quantitative estimate of drug-likeness (QED) is 0.668. The fourth-order valence-corrected chi connectivity index (χ4v) is 2.49. The second-order valence-electron chi connectivity index (χ2n) is 3.46. The Labute approximate surface area is 74.1 Å². The molecule has 3 nitrogen and oxygen atoms in total. The van der Waals surface area contributed by atoms with Crippen molar-refractivity contribution in [2.24, 2.45) is 5.92 Å². The number of hydrogen-bond donors (Lipinski definition) is 0. The lowest BCUT2D eigenvalue weighted by Gasteiger charge is -2.14. The summed E-state index contributed by atoms with van der Waals surface area (Å²) in [6.45, 7) is 6.61. The third-order valence-electron chi connectivity index (χ3n) is 1.91. The van der Waals surface area contributed by atoms with Gasteiger partial charge in [0.1, 0.15) is 11.5 Å². The summed E-state index contributed by atoms with van der Waals surface area (Å²) in [6, 6.07) is 0. The largest absolute Gasteiger partial charge is 0.299 e. The SMILES string of the molecule is CC(=O)CS(=O)(=O)C(C)C(C)C. The van der Waals surface area contributed by atoms with E-state index in [2.05, 4.69) is 0 Å². The number of sulfone groups is 1. The molecule has 0 aromatic carbocycles. The van der Waals surface area contributed by atoms with Crippen LogP contribution >= 0.6 is 0 Å². The maximum absolute atomic E-state index is 11.4. The second kappa shape index (κ2) is 4.03. The molecule has 0 fully saturated rings. The number of ketones is 1. The molecule has 0 N–H and O–H groups in total. The third-order valence-corrected chi connectivity index (χ3v) is 4.40. The van der Waals surface area contributed by atoms with Crippen LogP contribution in [0.15, 0.2) is 0 Å². The average Bonchev–Trinajstić information content (AvgIpc) is 1.82. The molecule has 0 aromatic heterocycles. The van der Waals surface area contributed by atoms with Crippen LogP contribution in [-0.4, -0.2) is 25.2 Å². The molecule has 0 amide bonds. The van der Waals surface area contributed by atoms with Crippen LogP contribution < -0.4 is 0 Å². The molecular weight excluding hydrogens is 176 g/mol. The van der Waals surface area contributed by atoms with Gasteiger partial charge in [0.25, 0.3) is 0 Å². The average molecular weight is 192 g/mol. The monoisotopic (exact) mass is 192 g/mol. The molecule has 4 heteroatoms. The number of hydrogen-bond acceptors (Lipinski definition) is 3. The predicted octanol–water partition coefficient (Wildman–Crippen LogP) is 1.03. The van der Waals surface area contributed by atoms with Crippen molar-refractivity contribution in [2.75, 3.05) is 5.75 Å². The summed E-state index contributed by atoms with van der Waals surface area (Å²) in [5, 5.41) is -0.429. The molecule has 1 unspecified atom stereocenters. The molecule has 1 atom stereocenters. The number of carbonyl (C=O) groups is 1. The first-order valence-corrected chi connectivity index (χ1v) is 5.70. The van der Waals surface area contributed by atoms with E-state index in [-0.39, 0.29) is 17.5 Å². The van der Waals surface area contributed by atoms with Gasteiger partial charge in [-0.15, -0.1) is 0 Å². The summed E-state index contributed by atoms with van der Waals surface area (Å²) in [7, 11) is -3.21. The van der Waals surface area contributed by atoms with Crippen molar-refractivity contribution in [1.29, 1.82) is 0 Å². The first kappa shape index (κ1) is 11.6. The Morgan fingerprint density at radius 2 is 1.67 bits per heavy atom. The van der Waals surface area contributed by atoms with Crippen molar-refractivity contribution >= 4 is 15.6 Å². The molecule has 0 radical (unpaired) electrons. The Bertz CT molecular complexity index is 251. The van der Waals surface area contributed by atoms with Gasteiger partial charge in [-0.1, -0.05) is 13.8 Å². The molecule has 0 aromatic rings. The number of rotatable bonds is 4. The molecule has 0 bridgehead atoms. The van der Waals surface area contributed by atoms with Gasteiger partial charge in [0.05, 0.1) is 5.25 Å². The maximum Gasteiger partial charge on any atom is 0.160 e. The minimum Gasteiger partial charge on any atom is -0.299 e. The Morgan fingerprint density at radius 1 is 1.25 bits per heavy atom. The van der Waals surface area contributed by atoms with Crippen LogP contribution in [0.1, 0.15) is 27.7 Å². The molecule has 0 heterocycles. The van der Waals surface area contributed by atoms with Crippen molar-refractivity contribution in [3.8, 4) is 0 Å². The lowest BCUT2D eigenvalue weighted by molar-refractivity contribution is -0.114. The summed E-state index contributed by atoms with van der Waals surface area (Å²) < 4.78 is 22.7. The van der Waals surface area contributed by atoms with Crippen LogP contribution in [0.4, 0.5) is 0 Å². The van der Waals surface area contributed by atoms with Gasteiger partial charge in [-0.25, -0.2) is 8.42 Å². The molecule has 0 aliphatic carbocycles. The zero-order chi connectivity index (χ0) is 9.94. The maximum atomic E-state index is 11.4. The highest BCUT2D eigenvalue weighted by molar-refractivity contribution is 7.92. The van der Waals surface area contributed by atoms with Crippen LogP contribution in [0.3, 0.4) is 0 Å². The van der Waals surface area contributed by atoms with Crippen molar-refractivity contribution < 1.29 is 13.2 Å². The highest BCUT2D eigenvalue weighted by Gasteiger charge is 2.24. The van der Waals surface area contributed by atoms with Crippen LogP contribution in [0, 0.1) is 5.92 Å². The molecule has 12 heavy (non-hydrogen) atoms. The van der Waals surface area contributed by atoms with E-state index in [0.29, 0.717) is 0 Å². The summed E-state index contributed by atoms with van der Waals surface area (Å²) in [4.78, 5) is 10.6. The van der Waals surface area contributed by atoms with Crippen molar-refractivity contribution in [1.82, 2.24) is 0 Å². The smallest absolute Gasteiger partial charge is 0.160 e. The molecule has 0 saturated heterocycles. The van der Waals surface area contributed by atoms with Crippen molar-refractivity contribution in [2.45, 2.75) is 32.9 Å². The highest BCUT2D eigenvalue weighted by atomic mass is 32.2. The van der Waals surface area contributed by atoms with Gasteiger partial charge in [-0.3, -0.25) is 4.79 Å². The Kier molecular flexibility index (Phi) is 3.90. The van der Waals surface area contributed by atoms with E-state index in [4.69, 9.17) is 0 Å². The van der Waals surface area contributed by atoms with Crippen molar-refractivity contribution in [3.05, 3.63) is 0 Å². The van der Waals surface area contributed by atoms with Crippen molar-refractivity contribution in [3.63, 3.8) is 0 Å². The fraction of sp³-hybridized carbons (Fsp3) is 0.875. The van der Waals surface area contributed by atoms with Gasteiger partial charge in [0.2, 0.25) is 0 Å². The highest BCUT2D eigenvalue weighted by Crippen LogP contribution is 2.12. The zero-order valence-electron chi connectivity index (χ0n) is 7.99. The minimum absolute atomic E-state index is 0.0642. The summed E-state index contributed by atoms with van der Waals surface area (Å²) in [6.07, 6.45) is 0. The van der Waals surface area contributed by atoms with Gasteiger partial charge in [-0.05, 0) is 19.8 Å². The van der Waals surface area contributed by atoms with E-state index in [1.807, 2.05) is 13.8 Å². The minimum atomic E-state index is -3.21. The van der Waals surface area contributed by atoms with Crippen LogP contribution in [0.25, 0.3) is 0 Å². The van der Waals surface area contributed by atoms with E-state index >= 15 is 0 Å². The van der Waals surface area contributed by atoms with E-state index in [9.17, 15) is 13.2 Å². The topological polar surface area (TPSA) is 51.2 Å². The molecule has 0 aliphatic heterocycles. The second-order valence-corrected chi connectivity index (χ2v) is 5.82. The Morgan fingerprint density at radius 3 is 1.92 bits per heavy atom. The van der Waals surface area contributed by atoms with E-state index in [1.165, 1.54) is 6.92 Å². The lowest BCUT2D eigenvalue weighted by Crippen LogP contribution is -2.28. The van der Waals surface area contributed by atoms with E-state index in [0.717, 1.165) is 0 Å². The summed E-state index contributed by atoms with van der Waals surface area (Å²) in [5.74, 6) is -0.552. The Hall–Kier alpha value is -0.380. The third kappa shape index (κ3) is 3.34. The predicted molar refractivity (Wildman–Crippen MR) is 48.8 cm³/mol. The summed E-state index contributed by atoms with van der Waals surface area (Å²) >= 11 is 0. The fourth-order valence-electron chi connectivity index (χ4n) is 0.829. The van der Waals surface area contributed by atoms with Gasteiger partial charge < -0.3 is 0 Å². The first-order valence-electron chi connectivity index (χ1n) is 3.98. The molecule has 72 valence electrons. The zero-order valence-corrected chi connectivity index (χ0v) is 8.81. The molecule has 0 aliphatic rings.